The predicted molar refractivity (Wildman–Crippen MR) is 113 cm³/mol. The highest BCUT2D eigenvalue weighted by atomic mass is 16.5. The van der Waals surface area contributed by atoms with Gasteiger partial charge < -0.3 is 28.1 Å². The highest BCUT2D eigenvalue weighted by Crippen LogP contribution is 2.41. The van der Waals surface area contributed by atoms with Crippen LogP contribution in [0.1, 0.15) is 22.3 Å². The summed E-state index contributed by atoms with van der Waals surface area (Å²) in [5.74, 6) is 0.897. The number of carbonyl (C=O) groups is 2. The fourth-order valence-corrected chi connectivity index (χ4v) is 3.36. The molecule has 0 aliphatic carbocycles. The van der Waals surface area contributed by atoms with E-state index < -0.39 is 5.97 Å². The van der Waals surface area contributed by atoms with Gasteiger partial charge in [0.15, 0.2) is 22.8 Å². The quantitative estimate of drug-likeness (QED) is 0.497. The molecule has 0 fully saturated rings. The molecule has 2 aromatic carbocycles. The third kappa shape index (κ3) is 4.28. The van der Waals surface area contributed by atoms with Crippen molar-refractivity contribution in [1.82, 2.24) is 0 Å². The molecule has 3 rings (SSSR count). The summed E-state index contributed by atoms with van der Waals surface area (Å²) >= 11 is 0. The molecule has 3 aromatic rings. The Balaban J connectivity index is 2.22. The Morgan fingerprint density at radius 2 is 1.55 bits per heavy atom. The fraction of sp³-hybridized carbons (Fsp3) is 0.304. The number of ether oxygens (including phenoxy) is 5. The van der Waals surface area contributed by atoms with E-state index in [0.29, 0.717) is 46.0 Å². The molecule has 1 heterocycles. The lowest BCUT2D eigenvalue weighted by Gasteiger charge is -2.09. The molecule has 0 spiro atoms. The van der Waals surface area contributed by atoms with Crippen LogP contribution < -0.4 is 14.2 Å². The number of rotatable bonds is 8. The van der Waals surface area contributed by atoms with E-state index >= 15 is 0 Å². The Hall–Kier alpha value is -3.68. The molecule has 8 nitrogen and oxygen atoms in total. The Kier molecular flexibility index (Phi) is 6.69. The molecule has 0 bridgehead atoms. The first-order valence-electron chi connectivity index (χ1n) is 9.48. The summed E-state index contributed by atoms with van der Waals surface area (Å²) in [7, 11) is 7.22. The maximum atomic E-state index is 12.7. The standard InChI is InChI=1S/C23H24O8/c1-26-16-8-7-14(12-17(16)27-2)21-20(23(25)30-5)15-10-13(6-9-19(24)29-4)11-18(28-3)22(15)31-21/h7-8,10-12H,6,9H2,1-5H3. The van der Waals surface area contributed by atoms with Gasteiger partial charge in [-0.3, -0.25) is 4.79 Å². The van der Waals surface area contributed by atoms with E-state index in [-0.39, 0.29) is 18.0 Å². The van der Waals surface area contributed by atoms with Crippen LogP contribution in [0, 0.1) is 0 Å². The molecule has 31 heavy (non-hydrogen) atoms. The van der Waals surface area contributed by atoms with Crippen LogP contribution in [-0.2, 0) is 20.7 Å². The van der Waals surface area contributed by atoms with Crippen LogP contribution in [0.4, 0.5) is 0 Å². The largest absolute Gasteiger partial charge is 0.493 e. The fourth-order valence-electron chi connectivity index (χ4n) is 3.36. The minimum Gasteiger partial charge on any atom is -0.493 e. The van der Waals surface area contributed by atoms with E-state index in [1.54, 1.807) is 37.4 Å². The molecule has 0 atom stereocenters. The van der Waals surface area contributed by atoms with Crippen molar-refractivity contribution >= 4 is 22.9 Å². The van der Waals surface area contributed by atoms with Gasteiger partial charge in [-0.15, -0.1) is 0 Å². The normalized spacial score (nSPS) is 10.6. The topological polar surface area (TPSA) is 93.4 Å². The van der Waals surface area contributed by atoms with Gasteiger partial charge in [-0.05, 0) is 42.3 Å². The average molecular weight is 428 g/mol. The summed E-state index contributed by atoms with van der Waals surface area (Å²) in [5.41, 5.74) is 2.05. The van der Waals surface area contributed by atoms with Gasteiger partial charge in [0, 0.05) is 17.4 Å². The number of hydrogen-bond acceptors (Lipinski definition) is 8. The van der Waals surface area contributed by atoms with E-state index in [2.05, 4.69) is 0 Å². The zero-order valence-corrected chi connectivity index (χ0v) is 18.1. The Morgan fingerprint density at radius 1 is 0.839 bits per heavy atom. The molecule has 0 aliphatic rings. The number of hydrogen-bond donors (Lipinski definition) is 0. The monoisotopic (exact) mass is 428 g/mol. The molecular formula is C23H24O8. The van der Waals surface area contributed by atoms with Gasteiger partial charge in [0.1, 0.15) is 11.3 Å². The molecule has 0 aliphatic heterocycles. The molecule has 0 saturated carbocycles. The molecular weight excluding hydrogens is 404 g/mol. The first-order chi connectivity index (χ1) is 15.0. The van der Waals surface area contributed by atoms with Gasteiger partial charge in [0.05, 0.1) is 35.5 Å². The van der Waals surface area contributed by atoms with Gasteiger partial charge in [0.25, 0.3) is 0 Å². The number of carbonyl (C=O) groups excluding carboxylic acids is 2. The Morgan fingerprint density at radius 3 is 2.16 bits per heavy atom. The smallest absolute Gasteiger partial charge is 0.342 e. The van der Waals surface area contributed by atoms with E-state index in [1.807, 2.05) is 0 Å². The predicted octanol–water partition coefficient (Wildman–Crippen LogP) is 4.02. The maximum absolute atomic E-state index is 12.7. The number of aryl methyl sites for hydroxylation is 1. The Bertz CT molecular complexity index is 1110. The second-order valence-electron chi connectivity index (χ2n) is 6.62. The van der Waals surface area contributed by atoms with E-state index in [4.69, 9.17) is 28.1 Å². The molecule has 0 saturated heterocycles. The molecule has 0 N–H and O–H groups in total. The number of methoxy groups -OCH3 is 5. The highest BCUT2D eigenvalue weighted by molar-refractivity contribution is 6.10. The molecule has 1 aromatic heterocycles. The van der Waals surface area contributed by atoms with Crippen molar-refractivity contribution in [3.63, 3.8) is 0 Å². The highest BCUT2D eigenvalue weighted by Gasteiger charge is 2.26. The minimum absolute atomic E-state index is 0.194. The molecule has 164 valence electrons. The van der Waals surface area contributed by atoms with Crippen molar-refractivity contribution < 1.29 is 37.7 Å². The van der Waals surface area contributed by atoms with Crippen molar-refractivity contribution in [1.29, 1.82) is 0 Å². The molecule has 0 radical (unpaired) electrons. The van der Waals surface area contributed by atoms with Crippen LogP contribution in [0.5, 0.6) is 17.2 Å². The van der Waals surface area contributed by atoms with Crippen LogP contribution in [0.3, 0.4) is 0 Å². The lowest BCUT2D eigenvalue weighted by Crippen LogP contribution is -2.04. The second kappa shape index (κ2) is 9.42. The maximum Gasteiger partial charge on any atom is 0.342 e. The lowest BCUT2D eigenvalue weighted by atomic mass is 10.0. The average Bonchev–Trinajstić information content (AvgIpc) is 3.20. The van der Waals surface area contributed by atoms with E-state index in [0.717, 1.165) is 5.56 Å². The zero-order valence-electron chi connectivity index (χ0n) is 18.1. The Labute approximate surface area is 179 Å². The van der Waals surface area contributed by atoms with Crippen molar-refractivity contribution in [2.75, 3.05) is 35.5 Å². The molecule has 8 heteroatoms. The summed E-state index contributed by atoms with van der Waals surface area (Å²) < 4.78 is 32.0. The van der Waals surface area contributed by atoms with E-state index in [9.17, 15) is 9.59 Å². The van der Waals surface area contributed by atoms with Crippen LogP contribution in [0.25, 0.3) is 22.3 Å². The molecule has 0 amide bonds. The lowest BCUT2D eigenvalue weighted by molar-refractivity contribution is -0.140. The van der Waals surface area contributed by atoms with Crippen LogP contribution in [-0.4, -0.2) is 47.5 Å². The van der Waals surface area contributed by atoms with Gasteiger partial charge >= 0.3 is 11.9 Å². The van der Waals surface area contributed by atoms with Gasteiger partial charge in [-0.25, -0.2) is 4.79 Å². The summed E-state index contributed by atoms with van der Waals surface area (Å²) in [6.45, 7) is 0. The van der Waals surface area contributed by atoms with Crippen molar-refractivity contribution in [3.05, 3.63) is 41.5 Å². The van der Waals surface area contributed by atoms with Gasteiger partial charge in [-0.2, -0.15) is 0 Å². The minimum atomic E-state index is -0.560. The first kappa shape index (κ1) is 22.0. The summed E-state index contributed by atoms with van der Waals surface area (Å²) in [6, 6.07) is 8.76. The number of fused-ring (bicyclic) bond motifs is 1. The van der Waals surface area contributed by atoms with Gasteiger partial charge in [-0.1, -0.05) is 0 Å². The van der Waals surface area contributed by atoms with Crippen LogP contribution in [0.2, 0.25) is 0 Å². The van der Waals surface area contributed by atoms with Crippen molar-refractivity contribution in [2.24, 2.45) is 0 Å². The van der Waals surface area contributed by atoms with E-state index in [1.165, 1.54) is 28.4 Å². The first-order valence-corrected chi connectivity index (χ1v) is 9.48. The second-order valence-corrected chi connectivity index (χ2v) is 6.62. The third-order valence-corrected chi connectivity index (χ3v) is 4.92. The third-order valence-electron chi connectivity index (χ3n) is 4.92. The SMILES string of the molecule is COC(=O)CCc1cc(OC)c2oc(-c3ccc(OC)c(OC)c3)c(C(=O)OC)c2c1. The summed E-state index contributed by atoms with van der Waals surface area (Å²) in [4.78, 5) is 24.3. The number of esters is 2. The molecule has 0 unspecified atom stereocenters. The zero-order chi connectivity index (χ0) is 22.5. The van der Waals surface area contributed by atoms with Gasteiger partial charge in [0.2, 0.25) is 0 Å². The summed E-state index contributed by atoms with van der Waals surface area (Å²) in [5, 5.41) is 0.524. The number of furan rings is 1. The number of benzene rings is 2. The van der Waals surface area contributed by atoms with Crippen LogP contribution in [0.15, 0.2) is 34.7 Å². The van der Waals surface area contributed by atoms with Crippen molar-refractivity contribution in [3.8, 4) is 28.6 Å². The summed E-state index contributed by atoms with van der Waals surface area (Å²) in [6.07, 6.45) is 0.607. The van der Waals surface area contributed by atoms with Crippen molar-refractivity contribution in [2.45, 2.75) is 12.8 Å². The van der Waals surface area contributed by atoms with Crippen LogP contribution >= 0.6 is 0 Å².